The maximum Gasteiger partial charge on any atom is 0.308 e. The topological polar surface area (TPSA) is 98.2 Å². The molecule has 0 radical (unpaired) electrons. The first kappa shape index (κ1) is 23.8. The van der Waals surface area contributed by atoms with Crippen LogP contribution in [0.4, 0.5) is 0 Å². The largest absolute Gasteiger partial charge is 0.481 e. The van der Waals surface area contributed by atoms with Crippen LogP contribution in [0, 0.1) is 11.8 Å². The van der Waals surface area contributed by atoms with Gasteiger partial charge in [0.05, 0.1) is 29.2 Å². The minimum atomic E-state index is -0.984. The number of nitrogens with zero attached hydrogens (tertiary/aromatic N) is 2. The number of fused-ring (bicyclic) bond motifs is 1. The van der Waals surface area contributed by atoms with Gasteiger partial charge in [-0.1, -0.05) is 43.3 Å². The molecule has 3 heterocycles. The van der Waals surface area contributed by atoms with Crippen LogP contribution in [0.15, 0.2) is 43.0 Å². The van der Waals surface area contributed by atoms with Crippen LogP contribution in [-0.4, -0.2) is 72.5 Å². The molecule has 33 heavy (non-hydrogen) atoms. The molecule has 3 aliphatic heterocycles. The van der Waals surface area contributed by atoms with Gasteiger partial charge in [0.2, 0.25) is 11.8 Å². The van der Waals surface area contributed by atoms with Crippen LogP contribution >= 0.6 is 11.8 Å². The molecule has 1 aromatic rings. The Morgan fingerprint density at radius 3 is 2.61 bits per heavy atom. The van der Waals surface area contributed by atoms with E-state index in [0.717, 1.165) is 5.56 Å². The number of thioether (sulfide) groups is 1. The lowest BCUT2D eigenvalue weighted by molar-refractivity contribution is -0.151. The lowest BCUT2D eigenvalue weighted by atomic mass is 9.66. The summed E-state index contributed by atoms with van der Waals surface area (Å²) >= 11 is 1.51. The van der Waals surface area contributed by atoms with E-state index in [1.54, 1.807) is 11.0 Å². The molecule has 3 fully saturated rings. The maximum absolute atomic E-state index is 14.2. The Morgan fingerprint density at radius 1 is 1.33 bits per heavy atom. The number of carboxylic acids is 1. The van der Waals surface area contributed by atoms with Gasteiger partial charge in [-0.2, -0.15) is 0 Å². The van der Waals surface area contributed by atoms with Crippen molar-refractivity contribution >= 4 is 29.5 Å². The van der Waals surface area contributed by atoms with E-state index in [1.807, 2.05) is 44.2 Å². The number of likely N-dealkylation sites (tertiary alicyclic amines) is 1. The molecule has 1 aromatic carbocycles. The fourth-order valence-electron chi connectivity index (χ4n) is 6.19. The number of aliphatic hydroxyl groups excluding tert-OH is 1. The monoisotopic (exact) mass is 472 g/mol. The number of carbonyl (C=O) groups is 3. The Hall–Kier alpha value is -2.32. The number of rotatable bonds is 9. The summed E-state index contributed by atoms with van der Waals surface area (Å²) in [4.78, 5) is 43.5. The zero-order chi connectivity index (χ0) is 24.0. The lowest BCUT2D eigenvalue weighted by Gasteiger charge is -2.39. The van der Waals surface area contributed by atoms with Crippen molar-refractivity contribution in [3.63, 3.8) is 0 Å². The van der Waals surface area contributed by atoms with Gasteiger partial charge in [0, 0.05) is 17.8 Å². The first-order chi connectivity index (χ1) is 15.7. The van der Waals surface area contributed by atoms with Gasteiger partial charge in [-0.25, -0.2) is 0 Å². The van der Waals surface area contributed by atoms with Gasteiger partial charge in [0.25, 0.3) is 0 Å². The lowest BCUT2D eigenvalue weighted by Crippen LogP contribution is -2.57. The van der Waals surface area contributed by atoms with Crippen LogP contribution in [0.5, 0.6) is 0 Å². The molecule has 1 spiro atoms. The Labute approximate surface area is 198 Å². The fourth-order valence-corrected chi connectivity index (χ4v) is 8.52. The van der Waals surface area contributed by atoms with Crippen molar-refractivity contribution in [2.75, 3.05) is 13.2 Å². The van der Waals surface area contributed by atoms with E-state index in [1.165, 1.54) is 16.7 Å². The number of hydrogen-bond acceptors (Lipinski definition) is 5. The molecule has 0 aliphatic carbocycles. The third-order valence-corrected chi connectivity index (χ3v) is 9.65. The summed E-state index contributed by atoms with van der Waals surface area (Å²) in [6.45, 7) is 8.01. The molecule has 0 saturated carbocycles. The molecule has 7 nitrogen and oxygen atoms in total. The Kier molecular flexibility index (Phi) is 6.35. The molecule has 2 N–H and O–H groups in total. The van der Waals surface area contributed by atoms with Crippen molar-refractivity contribution in [1.29, 1.82) is 0 Å². The van der Waals surface area contributed by atoms with Crippen LogP contribution in [0.3, 0.4) is 0 Å². The van der Waals surface area contributed by atoms with E-state index in [2.05, 4.69) is 6.58 Å². The number of benzene rings is 1. The Morgan fingerprint density at radius 2 is 2.03 bits per heavy atom. The summed E-state index contributed by atoms with van der Waals surface area (Å²) in [6.07, 6.45) is 3.40. The van der Waals surface area contributed by atoms with Crippen LogP contribution in [-0.2, 0) is 20.9 Å². The summed E-state index contributed by atoms with van der Waals surface area (Å²) < 4.78 is -1.38. The van der Waals surface area contributed by atoms with Gasteiger partial charge >= 0.3 is 5.97 Å². The van der Waals surface area contributed by atoms with Crippen LogP contribution in [0.25, 0.3) is 0 Å². The maximum atomic E-state index is 14.2. The molecule has 6 atom stereocenters. The summed E-state index contributed by atoms with van der Waals surface area (Å²) in [5, 5.41) is 20.2. The highest BCUT2D eigenvalue weighted by Gasteiger charge is 2.78. The van der Waals surface area contributed by atoms with Crippen molar-refractivity contribution in [2.24, 2.45) is 11.8 Å². The molecular formula is C25H32N2O5S. The summed E-state index contributed by atoms with van der Waals surface area (Å²) in [7, 11) is 0. The smallest absolute Gasteiger partial charge is 0.308 e. The first-order valence-electron chi connectivity index (χ1n) is 11.5. The van der Waals surface area contributed by atoms with Crippen molar-refractivity contribution in [3.05, 3.63) is 48.6 Å². The van der Waals surface area contributed by atoms with Crippen molar-refractivity contribution in [3.8, 4) is 0 Å². The highest BCUT2D eigenvalue weighted by Crippen LogP contribution is 2.71. The van der Waals surface area contributed by atoms with Gasteiger partial charge in [0.15, 0.2) is 0 Å². The molecule has 2 amide bonds. The van der Waals surface area contributed by atoms with E-state index >= 15 is 0 Å². The minimum absolute atomic E-state index is 0.204. The van der Waals surface area contributed by atoms with E-state index < -0.39 is 39.4 Å². The van der Waals surface area contributed by atoms with Gasteiger partial charge in [-0.3, -0.25) is 14.4 Å². The second kappa shape index (κ2) is 8.80. The summed E-state index contributed by atoms with van der Waals surface area (Å²) in [5.74, 6) is -3.11. The van der Waals surface area contributed by atoms with E-state index in [4.69, 9.17) is 0 Å². The Balaban J connectivity index is 1.79. The van der Waals surface area contributed by atoms with Crippen LogP contribution < -0.4 is 0 Å². The van der Waals surface area contributed by atoms with Gasteiger partial charge in [0.1, 0.15) is 6.04 Å². The van der Waals surface area contributed by atoms with Crippen LogP contribution in [0.2, 0.25) is 0 Å². The van der Waals surface area contributed by atoms with E-state index in [-0.39, 0.29) is 18.4 Å². The molecule has 2 unspecified atom stereocenters. The zero-order valence-corrected chi connectivity index (χ0v) is 20.0. The molecule has 3 saturated heterocycles. The second-order valence-electron chi connectivity index (χ2n) is 9.55. The van der Waals surface area contributed by atoms with Gasteiger partial charge in [-0.15, -0.1) is 18.3 Å². The number of aliphatic carboxylic acids is 1. The van der Waals surface area contributed by atoms with Gasteiger partial charge in [-0.05, 0) is 31.7 Å². The van der Waals surface area contributed by atoms with Crippen LogP contribution in [0.1, 0.15) is 38.7 Å². The molecule has 3 aliphatic rings. The number of hydrogen-bond donors (Lipinski definition) is 2. The number of carbonyl (C=O) groups excluding carboxylic acids is 2. The first-order valence-corrected chi connectivity index (χ1v) is 12.3. The minimum Gasteiger partial charge on any atom is -0.481 e. The molecular weight excluding hydrogens is 440 g/mol. The molecule has 0 aromatic heterocycles. The molecule has 4 rings (SSSR count). The summed E-state index contributed by atoms with van der Waals surface area (Å²) in [5.41, 5.74) is 0.963. The predicted octanol–water partition coefficient (Wildman–Crippen LogP) is 2.54. The third-order valence-electron chi connectivity index (χ3n) is 7.67. The molecule has 8 heteroatoms. The predicted molar refractivity (Wildman–Crippen MR) is 126 cm³/mol. The fraction of sp³-hybridized carbons (Fsp3) is 0.560. The van der Waals surface area contributed by atoms with Gasteiger partial charge < -0.3 is 20.0 Å². The van der Waals surface area contributed by atoms with E-state index in [0.29, 0.717) is 32.4 Å². The second-order valence-corrected chi connectivity index (χ2v) is 11.4. The number of carboxylic acid groups (broad SMARTS) is 1. The third kappa shape index (κ3) is 3.58. The standard InChI is InChI=1S/C25H32N2O5S/c1-4-13-26(14-16-9-7-6-8-10-16)22(30)20-25-12-11-24(3,33-25)19(23(31)32)18(25)21(29)27(20)17(5-2)15-28/h4,6-10,17-20,28H,1,5,11-15H2,2-3H3,(H,31,32)/t17-,18-,19+,20?,24-,25?/m0/s1. The quantitative estimate of drug-likeness (QED) is 0.536. The molecule has 178 valence electrons. The van der Waals surface area contributed by atoms with Crippen molar-refractivity contribution < 1.29 is 24.6 Å². The Bertz CT molecular complexity index is 951. The number of amides is 2. The normalized spacial score (nSPS) is 33.1. The van der Waals surface area contributed by atoms with E-state index in [9.17, 15) is 24.6 Å². The zero-order valence-electron chi connectivity index (χ0n) is 19.1. The SMILES string of the molecule is C=CCN(Cc1ccccc1)C(=O)C1N([C@@H](CC)CO)C(=O)[C@@H]2[C@H](C(=O)O)[C@]3(C)CCC12S3. The average Bonchev–Trinajstić information content (AvgIpc) is 3.36. The summed E-state index contributed by atoms with van der Waals surface area (Å²) in [6, 6.07) is 8.29. The number of aliphatic hydroxyl groups is 1. The highest BCUT2D eigenvalue weighted by molar-refractivity contribution is 8.02. The average molecular weight is 473 g/mol. The van der Waals surface area contributed by atoms with Crippen molar-refractivity contribution in [1.82, 2.24) is 9.80 Å². The molecule has 2 bridgehead atoms. The highest BCUT2D eigenvalue weighted by atomic mass is 32.2. The van der Waals surface area contributed by atoms with Crippen molar-refractivity contribution in [2.45, 2.75) is 61.2 Å².